The predicted octanol–water partition coefficient (Wildman–Crippen LogP) is 10.3. The Balaban J connectivity index is 2.32. The van der Waals surface area contributed by atoms with Gasteiger partial charge in [0.2, 0.25) is 13.6 Å². The molecule has 0 heterocycles. The molecule has 0 atom stereocenters. The molecule has 0 saturated carbocycles. The first kappa shape index (κ1) is 40.2. The number of ether oxygens (including phenoxy) is 3. The zero-order chi connectivity index (χ0) is 35.4. The van der Waals surface area contributed by atoms with E-state index in [-0.39, 0.29) is 42.0 Å². The zero-order valence-electron chi connectivity index (χ0n) is 25.6. The van der Waals surface area contributed by atoms with Crippen LogP contribution < -0.4 is 4.74 Å². The van der Waals surface area contributed by atoms with E-state index in [9.17, 15) is 18.9 Å². The Kier molecular flexibility index (Phi) is 13.6. The van der Waals surface area contributed by atoms with Crippen LogP contribution in [0.5, 0.6) is 5.75 Å². The molecule has 2 aromatic carbocycles. The normalized spacial score (nSPS) is 13.0. The highest BCUT2D eigenvalue weighted by atomic mass is 35.5. The van der Waals surface area contributed by atoms with Crippen LogP contribution >= 0.6 is 65.6 Å². The number of hydrogen-bond acceptors (Lipinski definition) is 9. The average Bonchev–Trinajstić information content (AvgIpc) is 2.96. The van der Waals surface area contributed by atoms with Gasteiger partial charge in [0.1, 0.15) is 10.0 Å². The summed E-state index contributed by atoms with van der Waals surface area (Å²) < 4.78 is 69.5. The van der Waals surface area contributed by atoms with E-state index < -0.39 is 61.1 Å². The maximum atomic E-state index is 15.7. The van der Waals surface area contributed by atoms with Crippen LogP contribution in [0.1, 0.15) is 59.6 Å². The third-order valence-electron chi connectivity index (χ3n) is 5.79. The smallest absolute Gasteiger partial charge is 0.410 e. The minimum Gasteiger partial charge on any atom is -0.438 e. The highest BCUT2D eigenvalue weighted by Crippen LogP contribution is 2.67. The summed E-state index contributed by atoms with van der Waals surface area (Å²) in [4.78, 5) is 36.8. The summed E-state index contributed by atoms with van der Waals surface area (Å²) in [5, 5.41) is -1.05. The van der Waals surface area contributed by atoms with E-state index in [1.807, 2.05) is 0 Å². The van der Waals surface area contributed by atoms with Crippen molar-refractivity contribution < 1.29 is 51.0 Å². The van der Waals surface area contributed by atoms with Gasteiger partial charge in [-0.05, 0) is 59.6 Å². The lowest BCUT2D eigenvalue weighted by Gasteiger charge is -2.27. The van der Waals surface area contributed by atoms with Crippen molar-refractivity contribution in [3.63, 3.8) is 0 Å². The molecular weight excluding hydrogens is 739 g/mol. The van der Waals surface area contributed by atoms with Gasteiger partial charge in [0.15, 0.2) is 5.75 Å². The van der Waals surface area contributed by atoms with Crippen LogP contribution in [0.2, 0.25) is 25.1 Å². The van der Waals surface area contributed by atoms with Gasteiger partial charge in [-0.25, -0.2) is 4.79 Å². The van der Waals surface area contributed by atoms with Crippen LogP contribution in [0.3, 0.4) is 0 Å². The quantitative estimate of drug-likeness (QED) is 0.0419. The van der Waals surface area contributed by atoms with Crippen molar-refractivity contribution in [1.82, 2.24) is 0 Å². The van der Waals surface area contributed by atoms with Crippen LogP contribution in [0, 0.1) is 10.8 Å². The molecule has 0 aliphatic heterocycles. The molecule has 46 heavy (non-hydrogen) atoms. The summed E-state index contributed by atoms with van der Waals surface area (Å²) in [5.74, 6) is -2.95. The van der Waals surface area contributed by atoms with E-state index in [1.165, 1.54) is 60.6 Å². The molecule has 0 aliphatic carbocycles. The Morgan fingerprint density at radius 3 is 1.52 bits per heavy atom. The van der Waals surface area contributed by atoms with Crippen molar-refractivity contribution in [1.29, 1.82) is 0 Å². The van der Waals surface area contributed by atoms with Gasteiger partial charge in [-0.3, -0.25) is 23.2 Å². The van der Waals surface area contributed by atoms with Gasteiger partial charge in [0.25, 0.3) is 0 Å². The zero-order valence-corrected chi connectivity index (χ0v) is 30.2. The Morgan fingerprint density at radius 1 is 0.739 bits per heavy atom. The van der Waals surface area contributed by atoms with Crippen molar-refractivity contribution in [3.8, 4) is 5.75 Å². The summed E-state index contributed by atoms with van der Waals surface area (Å²) >= 11 is 30.1. The molecule has 0 N–H and O–H groups in total. The molecule has 2 rings (SSSR count). The first-order valence-corrected chi connectivity index (χ1v) is 16.5. The SMILES string of the molecule is CC(=CC(=O)Oc1c(Cl)c(Cl)c(Cl)c(Cl)c1Cl)c1ccc(C(F)(F)P(=O)(OCOC(=O)C(C)(C)C)OCOC(=O)C(C)(C)C)cc1. The van der Waals surface area contributed by atoms with Crippen molar-refractivity contribution in [3.05, 3.63) is 66.6 Å². The molecule has 254 valence electrons. The molecule has 0 unspecified atom stereocenters. The fourth-order valence-corrected chi connectivity index (χ4v) is 5.53. The number of rotatable bonds is 11. The third kappa shape index (κ3) is 9.80. The van der Waals surface area contributed by atoms with Gasteiger partial charge >= 0.3 is 31.2 Å². The first-order valence-electron chi connectivity index (χ1n) is 13.1. The van der Waals surface area contributed by atoms with E-state index in [2.05, 4.69) is 0 Å². The Bertz CT molecular complexity index is 1500. The molecule has 17 heteroatoms. The lowest BCUT2D eigenvalue weighted by molar-refractivity contribution is -0.163. The van der Waals surface area contributed by atoms with Crippen LogP contribution in [0.25, 0.3) is 5.57 Å². The predicted molar refractivity (Wildman–Crippen MR) is 172 cm³/mol. The molecule has 2 aromatic rings. The average molecular weight is 769 g/mol. The molecule has 0 spiro atoms. The molecule has 0 aliphatic rings. The molecule has 0 fully saturated rings. The van der Waals surface area contributed by atoms with Crippen molar-refractivity contribution in [2.75, 3.05) is 13.6 Å². The lowest BCUT2D eigenvalue weighted by atomic mass is 9.98. The number of esters is 3. The number of hydrogen-bond donors (Lipinski definition) is 0. The lowest BCUT2D eigenvalue weighted by Crippen LogP contribution is -2.27. The van der Waals surface area contributed by atoms with E-state index in [0.29, 0.717) is 0 Å². The first-order chi connectivity index (χ1) is 20.9. The topological polar surface area (TPSA) is 114 Å². The molecule has 0 radical (unpaired) electrons. The minimum atomic E-state index is -5.52. The largest absolute Gasteiger partial charge is 0.438 e. The van der Waals surface area contributed by atoms with Gasteiger partial charge in [-0.15, -0.1) is 0 Å². The Hall–Kier alpha value is -1.95. The van der Waals surface area contributed by atoms with Crippen molar-refractivity contribution >= 4 is 89.1 Å². The molecule has 0 aromatic heterocycles. The van der Waals surface area contributed by atoms with Crippen molar-refractivity contribution in [2.45, 2.75) is 54.1 Å². The second kappa shape index (κ2) is 15.5. The molecule has 0 amide bonds. The maximum Gasteiger partial charge on any atom is 0.410 e. The van der Waals surface area contributed by atoms with Crippen LogP contribution in [-0.2, 0) is 43.1 Å². The van der Waals surface area contributed by atoms with Gasteiger partial charge in [-0.2, -0.15) is 8.78 Å². The van der Waals surface area contributed by atoms with E-state index in [0.717, 1.165) is 18.2 Å². The van der Waals surface area contributed by atoms with Crippen LogP contribution in [0.15, 0.2) is 30.3 Å². The number of carbonyl (C=O) groups is 3. The van der Waals surface area contributed by atoms with Crippen molar-refractivity contribution in [2.24, 2.45) is 10.8 Å². The summed E-state index contributed by atoms with van der Waals surface area (Å²) in [7, 11) is -5.52. The number of halogens is 7. The van der Waals surface area contributed by atoms with E-state index in [4.69, 9.17) is 81.3 Å². The van der Waals surface area contributed by atoms with E-state index in [1.54, 1.807) is 0 Å². The number of benzene rings is 2. The fourth-order valence-electron chi connectivity index (χ4n) is 3.09. The monoisotopic (exact) mass is 766 g/mol. The number of carbonyl (C=O) groups excluding carboxylic acids is 3. The molecule has 9 nitrogen and oxygen atoms in total. The fraction of sp³-hybridized carbons (Fsp3) is 0.414. The molecule has 0 bridgehead atoms. The standard InChI is InChI=1S/C29H30Cl5F2O9P/c1-15(12-18(37)45-24-22(33)20(31)19(30)21(32)23(24)34)16-8-10-17(11-9-16)29(35,36)46(40,43-13-41-25(38)27(2,3)4)44-14-42-26(39)28(5,6)7/h8-12H,13-14H2,1-7H3. The molecular formula is C29H30Cl5F2O9P. The highest BCUT2D eigenvalue weighted by Gasteiger charge is 2.56. The summed E-state index contributed by atoms with van der Waals surface area (Å²) in [6.45, 7) is 8.26. The van der Waals surface area contributed by atoms with Gasteiger partial charge < -0.3 is 14.2 Å². The van der Waals surface area contributed by atoms with Gasteiger partial charge in [-0.1, -0.05) is 82.3 Å². The second-order valence-corrected chi connectivity index (χ2v) is 15.6. The number of allylic oxidation sites excluding steroid dienone is 1. The summed E-state index contributed by atoms with van der Waals surface area (Å²) in [6.07, 6.45) is 1.01. The van der Waals surface area contributed by atoms with Gasteiger partial charge in [0.05, 0.1) is 25.9 Å². The van der Waals surface area contributed by atoms with Gasteiger partial charge in [0, 0.05) is 11.6 Å². The Morgan fingerprint density at radius 2 is 1.13 bits per heavy atom. The number of alkyl halides is 2. The summed E-state index contributed by atoms with van der Waals surface area (Å²) in [6, 6.07) is 4.21. The van der Waals surface area contributed by atoms with Crippen LogP contribution in [0.4, 0.5) is 8.78 Å². The highest BCUT2D eigenvalue weighted by molar-refractivity contribution is 7.54. The second-order valence-electron chi connectivity index (χ2n) is 11.6. The minimum absolute atomic E-state index is 0.140. The van der Waals surface area contributed by atoms with Crippen LogP contribution in [-0.4, -0.2) is 31.5 Å². The van der Waals surface area contributed by atoms with E-state index >= 15 is 8.78 Å². The third-order valence-corrected chi connectivity index (χ3v) is 9.87. The maximum absolute atomic E-state index is 15.7. The Labute approximate surface area is 289 Å². The molecule has 0 saturated heterocycles. The summed E-state index contributed by atoms with van der Waals surface area (Å²) in [5.41, 5.74) is -6.67.